The summed E-state index contributed by atoms with van der Waals surface area (Å²) in [6.07, 6.45) is 3.76. The third-order valence-electron chi connectivity index (χ3n) is 5.42. The van der Waals surface area contributed by atoms with Gasteiger partial charge in [0.05, 0.1) is 22.6 Å². The summed E-state index contributed by atoms with van der Waals surface area (Å²) in [6, 6.07) is 7.97. The van der Waals surface area contributed by atoms with Gasteiger partial charge in [-0.25, -0.2) is 9.78 Å². The second-order valence-electron chi connectivity index (χ2n) is 7.67. The largest absolute Gasteiger partial charge is 0.422 e. The summed E-state index contributed by atoms with van der Waals surface area (Å²) in [5.41, 5.74) is 4.94. The zero-order chi connectivity index (χ0) is 20.0. The van der Waals surface area contributed by atoms with E-state index < -0.39 is 0 Å². The summed E-state index contributed by atoms with van der Waals surface area (Å²) in [6.45, 7) is 8.81. The number of hydrogen-bond acceptors (Lipinski definition) is 6. The standard InChI is InChI=1S/C22H23N5O2/c1-14-11-27-13-19(25-21(27)15(2)24-14)18-10-17-4-3-16(9-20(17)29-22(18)28)12-26-7-5-23-6-8-26/h3-4,9-11,13,23H,5-8,12H2,1-2H3. The number of nitrogens with one attached hydrogen (secondary N) is 1. The summed E-state index contributed by atoms with van der Waals surface area (Å²) < 4.78 is 7.59. The summed E-state index contributed by atoms with van der Waals surface area (Å²) >= 11 is 0. The van der Waals surface area contributed by atoms with Crippen LogP contribution < -0.4 is 10.9 Å². The molecule has 0 aliphatic carbocycles. The highest BCUT2D eigenvalue weighted by atomic mass is 16.4. The van der Waals surface area contributed by atoms with Gasteiger partial charge in [-0.05, 0) is 31.5 Å². The van der Waals surface area contributed by atoms with E-state index in [2.05, 4.69) is 26.3 Å². The van der Waals surface area contributed by atoms with Gasteiger partial charge in [0.15, 0.2) is 5.65 Å². The van der Waals surface area contributed by atoms with Gasteiger partial charge >= 0.3 is 5.63 Å². The molecule has 5 rings (SSSR count). The van der Waals surface area contributed by atoms with Crippen LogP contribution in [0.4, 0.5) is 0 Å². The Bertz CT molecular complexity index is 1270. The van der Waals surface area contributed by atoms with Crippen LogP contribution in [0.15, 0.2) is 45.9 Å². The molecule has 1 fully saturated rings. The molecule has 1 aliphatic rings. The highest BCUT2D eigenvalue weighted by Gasteiger charge is 2.15. The highest BCUT2D eigenvalue weighted by Crippen LogP contribution is 2.23. The lowest BCUT2D eigenvalue weighted by molar-refractivity contribution is 0.233. The Balaban J connectivity index is 1.52. The van der Waals surface area contributed by atoms with E-state index >= 15 is 0 Å². The number of aryl methyl sites for hydroxylation is 2. The van der Waals surface area contributed by atoms with Crippen molar-refractivity contribution in [2.45, 2.75) is 20.4 Å². The minimum atomic E-state index is -0.373. The summed E-state index contributed by atoms with van der Waals surface area (Å²) in [5, 5.41) is 4.26. The minimum absolute atomic E-state index is 0.373. The van der Waals surface area contributed by atoms with Crippen molar-refractivity contribution in [3.8, 4) is 11.3 Å². The molecule has 148 valence electrons. The quantitative estimate of drug-likeness (QED) is 0.543. The molecule has 1 N–H and O–H groups in total. The number of hydrogen-bond donors (Lipinski definition) is 1. The maximum Gasteiger partial charge on any atom is 0.345 e. The van der Waals surface area contributed by atoms with Crippen molar-refractivity contribution >= 4 is 16.6 Å². The van der Waals surface area contributed by atoms with E-state index in [1.807, 2.05) is 48.8 Å². The molecule has 3 aromatic heterocycles. The highest BCUT2D eigenvalue weighted by molar-refractivity contribution is 5.81. The van der Waals surface area contributed by atoms with E-state index in [0.29, 0.717) is 16.8 Å². The average molecular weight is 389 g/mol. The lowest BCUT2D eigenvalue weighted by Gasteiger charge is -2.27. The second kappa shape index (κ2) is 7.09. The van der Waals surface area contributed by atoms with Crippen molar-refractivity contribution in [3.63, 3.8) is 0 Å². The first-order valence-electron chi connectivity index (χ1n) is 9.90. The van der Waals surface area contributed by atoms with Gasteiger partial charge in [0.1, 0.15) is 5.58 Å². The van der Waals surface area contributed by atoms with Crippen LogP contribution in [0.1, 0.15) is 17.0 Å². The SMILES string of the molecule is Cc1cn2cc(-c3cc4ccc(CN5CCNCC5)cc4oc3=O)nc2c(C)n1. The molecular formula is C22H23N5O2. The molecule has 7 nitrogen and oxygen atoms in total. The number of nitrogens with zero attached hydrogens (tertiary/aromatic N) is 4. The van der Waals surface area contributed by atoms with Gasteiger partial charge in [0.2, 0.25) is 0 Å². The van der Waals surface area contributed by atoms with Crippen molar-refractivity contribution in [2.75, 3.05) is 26.2 Å². The van der Waals surface area contributed by atoms with Gasteiger partial charge in [-0.2, -0.15) is 0 Å². The molecule has 0 amide bonds. The maximum atomic E-state index is 12.7. The first-order valence-corrected chi connectivity index (χ1v) is 9.90. The third-order valence-corrected chi connectivity index (χ3v) is 5.42. The summed E-state index contributed by atoms with van der Waals surface area (Å²) in [5.74, 6) is 0. The smallest absolute Gasteiger partial charge is 0.345 e. The van der Waals surface area contributed by atoms with E-state index in [1.165, 1.54) is 0 Å². The molecule has 0 spiro atoms. The predicted octanol–water partition coefficient (Wildman–Crippen LogP) is 2.52. The molecule has 0 bridgehead atoms. The van der Waals surface area contributed by atoms with Crippen LogP contribution >= 0.6 is 0 Å². The molecule has 29 heavy (non-hydrogen) atoms. The van der Waals surface area contributed by atoms with E-state index in [0.717, 1.165) is 60.7 Å². The van der Waals surface area contributed by atoms with Crippen LogP contribution in [0.5, 0.6) is 0 Å². The van der Waals surface area contributed by atoms with E-state index in [1.54, 1.807) is 0 Å². The number of rotatable bonds is 3. The molecule has 1 aliphatic heterocycles. The number of benzene rings is 1. The molecule has 4 aromatic rings. The fourth-order valence-corrected chi connectivity index (χ4v) is 3.99. The van der Waals surface area contributed by atoms with Gasteiger partial charge < -0.3 is 14.1 Å². The van der Waals surface area contributed by atoms with Crippen LogP contribution in [-0.4, -0.2) is 45.4 Å². The van der Waals surface area contributed by atoms with E-state index in [-0.39, 0.29) is 5.63 Å². The molecule has 4 heterocycles. The summed E-state index contributed by atoms with van der Waals surface area (Å²) in [7, 11) is 0. The Morgan fingerprint density at radius 1 is 1.10 bits per heavy atom. The van der Waals surface area contributed by atoms with Gasteiger partial charge in [-0.15, -0.1) is 0 Å². The molecule has 1 saturated heterocycles. The number of fused-ring (bicyclic) bond motifs is 2. The van der Waals surface area contributed by atoms with Crippen LogP contribution in [0.3, 0.4) is 0 Å². The molecule has 0 saturated carbocycles. The monoisotopic (exact) mass is 389 g/mol. The lowest BCUT2D eigenvalue weighted by Crippen LogP contribution is -2.42. The molecular weight excluding hydrogens is 366 g/mol. The fraction of sp³-hybridized carbons (Fsp3) is 0.318. The number of aromatic nitrogens is 3. The Morgan fingerprint density at radius 2 is 1.93 bits per heavy atom. The third kappa shape index (κ3) is 3.43. The van der Waals surface area contributed by atoms with Gasteiger partial charge in [0, 0.05) is 50.5 Å². The van der Waals surface area contributed by atoms with Crippen LogP contribution in [0, 0.1) is 13.8 Å². The van der Waals surface area contributed by atoms with E-state index in [9.17, 15) is 4.79 Å². The van der Waals surface area contributed by atoms with Crippen molar-refractivity contribution in [1.82, 2.24) is 24.6 Å². The first kappa shape index (κ1) is 18.0. The lowest BCUT2D eigenvalue weighted by atomic mass is 10.1. The Hall–Kier alpha value is -3.03. The summed E-state index contributed by atoms with van der Waals surface area (Å²) in [4.78, 5) is 24.2. The molecule has 0 unspecified atom stereocenters. The van der Waals surface area contributed by atoms with Crippen LogP contribution in [0.25, 0.3) is 27.9 Å². The number of piperazine rings is 1. The van der Waals surface area contributed by atoms with Crippen LogP contribution in [0.2, 0.25) is 0 Å². The zero-order valence-electron chi connectivity index (χ0n) is 16.6. The topological polar surface area (TPSA) is 75.7 Å². The van der Waals surface area contributed by atoms with E-state index in [4.69, 9.17) is 4.42 Å². The Labute approximate surface area is 168 Å². The zero-order valence-corrected chi connectivity index (χ0v) is 16.6. The van der Waals surface area contributed by atoms with Crippen molar-refractivity contribution in [3.05, 3.63) is 64.0 Å². The maximum absolute atomic E-state index is 12.7. The predicted molar refractivity (Wildman–Crippen MR) is 112 cm³/mol. The van der Waals surface area contributed by atoms with Gasteiger partial charge in [-0.1, -0.05) is 12.1 Å². The Morgan fingerprint density at radius 3 is 2.76 bits per heavy atom. The minimum Gasteiger partial charge on any atom is -0.422 e. The van der Waals surface area contributed by atoms with Crippen LogP contribution in [-0.2, 0) is 6.54 Å². The fourth-order valence-electron chi connectivity index (χ4n) is 3.99. The van der Waals surface area contributed by atoms with Crippen molar-refractivity contribution in [2.24, 2.45) is 0 Å². The van der Waals surface area contributed by atoms with Gasteiger partial charge in [-0.3, -0.25) is 9.88 Å². The molecule has 7 heteroatoms. The average Bonchev–Trinajstić information content (AvgIpc) is 3.12. The Kier molecular flexibility index (Phi) is 4.41. The molecule has 1 aromatic carbocycles. The normalized spacial score (nSPS) is 15.4. The van der Waals surface area contributed by atoms with Crippen molar-refractivity contribution < 1.29 is 4.42 Å². The van der Waals surface area contributed by atoms with Crippen molar-refractivity contribution in [1.29, 1.82) is 0 Å². The molecule has 0 atom stereocenters. The molecule has 0 radical (unpaired) electrons. The van der Waals surface area contributed by atoms with Gasteiger partial charge in [0.25, 0.3) is 0 Å². The number of imidazole rings is 1. The first-order chi connectivity index (χ1) is 14.1. The second-order valence-corrected chi connectivity index (χ2v) is 7.67.